The first-order valence-electron chi connectivity index (χ1n) is 5.60. The third-order valence-corrected chi connectivity index (χ3v) is 2.51. The van der Waals surface area contributed by atoms with Crippen molar-refractivity contribution in [2.24, 2.45) is 0 Å². The summed E-state index contributed by atoms with van der Waals surface area (Å²) < 4.78 is 5.32. The van der Waals surface area contributed by atoms with Crippen LogP contribution in [-0.4, -0.2) is 21.6 Å². The van der Waals surface area contributed by atoms with Gasteiger partial charge in [0.25, 0.3) is 0 Å². The average Bonchev–Trinajstić information content (AvgIpc) is 2.41. The fraction of sp³-hybridized carbons (Fsp3) is 0.154. The zero-order chi connectivity index (χ0) is 12.8. The summed E-state index contributed by atoms with van der Waals surface area (Å²) in [5, 5.41) is 3.08. The first-order valence-corrected chi connectivity index (χ1v) is 6.00. The molecule has 0 bridgehead atoms. The highest BCUT2D eigenvalue weighted by atomic mass is 32.1. The summed E-state index contributed by atoms with van der Waals surface area (Å²) in [6, 6.07) is 7.42. The van der Waals surface area contributed by atoms with Crippen LogP contribution in [0.5, 0.6) is 5.75 Å². The first-order chi connectivity index (χ1) is 8.79. The van der Waals surface area contributed by atoms with Gasteiger partial charge in [0.15, 0.2) is 0 Å². The summed E-state index contributed by atoms with van der Waals surface area (Å²) >= 11 is 5.27. The second kappa shape index (κ2) is 6.07. The van der Waals surface area contributed by atoms with Crippen molar-refractivity contribution in [2.45, 2.75) is 6.92 Å². The monoisotopic (exact) mass is 259 g/mol. The van der Waals surface area contributed by atoms with Gasteiger partial charge in [0.2, 0.25) is 0 Å². The predicted octanol–water partition coefficient (Wildman–Crippen LogP) is 2.66. The van der Waals surface area contributed by atoms with E-state index >= 15 is 0 Å². The van der Waals surface area contributed by atoms with Gasteiger partial charge >= 0.3 is 0 Å². The molecule has 2 aromatic heterocycles. The Morgan fingerprint density at radius 2 is 2.22 bits per heavy atom. The first kappa shape index (κ1) is 12.4. The number of pyridine rings is 2. The molecule has 0 aliphatic rings. The predicted molar refractivity (Wildman–Crippen MR) is 75.0 cm³/mol. The van der Waals surface area contributed by atoms with Gasteiger partial charge in [-0.05, 0) is 31.2 Å². The van der Waals surface area contributed by atoms with Crippen molar-refractivity contribution in [1.29, 1.82) is 0 Å². The SMILES string of the molecule is CCOc1ccc(C(=S)Nc2cccnc2)nc1. The Morgan fingerprint density at radius 3 is 2.83 bits per heavy atom. The number of aromatic nitrogens is 2. The number of nitrogens with zero attached hydrogens (tertiary/aromatic N) is 2. The Bertz CT molecular complexity index is 514. The smallest absolute Gasteiger partial charge is 0.137 e. The summed E-state index contributed by atoms with van der Waals surface area (Å²) in [5.41, 5.74) is 1.55. The molecule has 2 aromatic rings. The minimum atomic E-state index is 0.561. The molecule has 0 saturated heterocycles. The highest BCUT2D eigenvalue weighted by molar-refractivity contribution is 7.81. The lowest BCUT2D eigenvalue weighted by molar-refractivity contribution is 0.339. The molecule has 0 unspecified atom stereocenters. The molecule has 0 saturated carbocycles. The highest BCUT2D eigenvalue weighted by Gasteiger charge is 2.03. The number of hydrogen-bond donors (Lipinski definition) is 1. The van der Waals surface area contributed by atoms with Crippen LogP contribution >= 0.6 is 12.2 Å². The van der Waals surface area contributed by atoms with E-state index in [1.165, 1.54) is 0 Å². The van der Waals surface area contributed by atoms with Crippen LogP contribution < -0.4 is 10.1 Å². The van der Waals surface area contributed by atoms with Crippen LogP contribution in [0.25, 0.3) is 0 Å². The minimum absolute atomic E-state index is 0.561. The molecular weight excluding hydrogens is 246 g/mol. The quantitative estimate of drug-likeness (QED) is 0.855. The molecule has 2 heterocycles. The van der Waals surface area contributed by atoms with Crippen molar-refractivity contribution < 1.29 is 4.74 Å². The van der Waals surface area contributed by atoms with Crippen LogP contribution in [0.15, 0.2) is 42.9 Å². The van der Waals surface area contributed by atoms with Gasteiger partial charge < -0.3 is 10.1 Å². The van der Waals surface area contributed by atoms with Crippen LogP contribution in [0.2, 0.25) is 0 Å². The lowest BCUT2D eigenvalue weighted by atomic mass is 10.3. The standard InChI is InChI=1S/C13H13N3OS/c1-2-17-11-5-6-12(15-9-11)13(18)16-10-4-3-7-14-8-10/h3-9H,2H2,1H3,(H,16,18). The molecule has 92 valence electrons. The Balaban J connectivity index is 2.05. The summed E-state index contributed by atoms with van der Waals surface area (Å²) in [6.45, 7) is 2.56. The van der Waals surface area contributed by atoms with Gasteiger partial charge in [0, 0.05) is 6.20 Å². The van der Waals surface area contributed by atoms with Crippen LogP contribution in [-0.2, 0) is 0 Å². The molecule has 0 aliphatic heterocycles. The van der Waals surface area contributed by atoms with Crippen LogP contribution in [0.3, 0.4) is 0 Å². The van der Waals surface area contributed by atoms with Crippen molar-refractivity contribution >= 4 is 22.9 Å². The molecular formula is C13H13N3OS. The van der Waals surface area contributed by atoms with Crippen LogP contribution in [0, 0.1) is 0 Å². The van der Waals surface area contributed by atoms with Gasteiger partial charge in [-0.25, -0.2) is 4.98 Å². The Kier molecular flexibility index (Phi) is 4.20. The van der Waals surface area contributed by atoms with Gasteiger partial charge in [-0.2, -0.15) is 0 Å². The molecule has 1 N–H and O–H groups in total. The van der Waals surface area contributed by atoms with Crippen LogP contribution in [0.4, 0.5) is 5.69 Å². The van der Waals surface area contributed by atoms with Gasteiger partial charge in [-0.1, -0.05) is 12.2 Å². The van der Waals surface area contributed by atoms with E-state index in [-0.39, 0.29) is 0 Å². The number of nitrogens with one attached hydrogen (secondary N) is 1. The maximum Gasteiger partial charge on any atom is 0.137 e. The van der Waals surface area contributed by atoms with E-state index in [0.717, 1.165) is 11.4 Å². The van der Waals surface area contributed by atoms with Crippen molar-refractivity contribution in [2.75, 3.05) is 11.9 Å². The molecule has 4 nitrogen and oxygen atoms in total. The Hall–Kier alpha value is -2.01. The maximum absolute atomic E-state index is 5.32. The fourth-order valence-corrected chi connectivity index (χ4v) is 1.64. The lowest BCUT2D eigenvalue weighted by Gasteiger charge is -2.07. The van der Waals surface area contributed by atoms with E-state index in [2.05, 4.69) is 15.3 Å². The highest BCUT2D eigenvalue weighted by Crippen LogP contribution is 2.11. The summed E-state index contributed by atoms with van der Waals surface area (Å²) in [4.78, 5) is 8.81. The second-order valence-corrected chi connectivity index (χ2v) is 3.92. The zero-order valence-corrected chi connectivity index (χ0v) is 10.8. The molecule has 0 spiro atoms. The fourth-order valence-electron chi connectivity index (χ4n) is 1.40. The average molecular weight is 259 g/mol. The summed E-state index contributed by atoms with van der Waals surface area (Å²) in [6.07, 6.45) is 5.08. The number of ether oxygens (including phenoxy) is 1. The van der Waals surface area contributed by atoms with E-state index in [4.69, 9.17) is 17.0 Å². The minimum Gasteiger partial charge on any atom is -0.492 e. The largest absolute Gasteiger partial charge is 0.492 e. The molecule has 2 rings (SSSR count). The van der Waals surface area contributed by atoms with Crippen molar-refractivity contribution in [3.63, 3.8) is 0 Å². The molecule has 0 atom stereocenters. The number of hydrogen-bond acceptors (Lipinski definition) is 4. The van der Waals surface area contributed by atoms with Crippen LogP contribution in [0.1, 0.15) is 12.6 Å². The zero-order valence-electron chi connectivity index (χ0n) is 9.96. The van der Waals surface area contributed by atoms with E-state index in [1.807, 2.05) is 31.2 Å². The van der Waals surface area contributed by atoms with Gasteiger partial charge in [-0.3, -0.25) is 4.98 Å². The van der Waals surface area contributed by atoms with Gasteiger partial charge in [-0.15, -0.1) is 0 Å². The molecule has 0 amide bonds. The Morgan fingerprint density at radius 1 is 1.33 bits per heavy atom. The normalized spacial score (nSPS) is 9.83. The molecule has 0 aliphatic carbocycles. The lowest BCUT2D eigenvalue weighted by Crippen LogP contribution is -2.12. The maximum atomic E-state index is 5.32. The van der Waals surface area contributed by atoms with Crippen molar-refractivity contribution in [1.82, 2.24) is 9.97 Å². The number of rotatable bonds is 4. The summed E-state index contributed by atoms with van der Waals surface area (Å²) in [5.74, 6) is 0.741. The molecule has 0 radical (unpaired) electrons. The van der Waals surface area contributed by atoms with Crippen molar-refractivity contribution in [3.8, 4) is 5.75 Å². The topological polar surface area (TPSA) is 47.0 Å². The van der Waals surface area contributed by atoms with E-state index in [1.54, 1.807) is 18.6 Å². The summed E-state index contributed by atoms with van der Waals surface area (Å²) in [7, 11) is 0. The number of thiocarbonyl (C=S) groups is 1. The third-order valence-electron chi connectivity index (χ3n) is 2.20. The molecule has 0 aromatic carbocycles. The molecule has 18 heavy (non-hydrogen) atoms. The van der Waals surface area contributed by atoms with E-state index in [9.17, 15) is 0 Å². The van der Waals surface area contributed by atoms with Gasteiger partial charge in [0.1, 0.15) is 10.7 Å². The number of anilines is 1. The molecule has 0 fully saturated rings. The Labute approximate surface area is 111 Å². The third kappa shape index (κ3) is 3.24. The van der Waals surface area contributed by atoms with E-state index in [0.29, 0.717) is 17.3 Å². The van der Waals surface area contributed by atoms with E-state index < -0.39 is 0 Å². The van der Waals surface area contributed by atoms with Crippen molar-refractivity contribution in [3.05, 3.63) is 48.5 Å². The van der Waals surface area contributed by atoms with Gasteiger partial charge in [0.05, 0.1) is 30.4 Å². The second-order valence-electron chi connectivity index (χ2n) is 3.51. The molecule has 5 heteroatoms.